The minimum Gasteiger partial charge on any atom is -0.295 e. The van der Waals surface area contributed by atoms with Gasteiger partial charge in [-0.05, 0) is 52.3 Å². The molecule has 2 aromatic carbocycles. The number of hydrogen-bond acceptors (Lipinski definition) is 1. The van der Waals surface area contributed by atoms with Crippen molar-refractivity contribution in [2.24, 2.45) is 0 Å². The van der Waals surface area contributed by atoms with Gasteiger partial charge in [-0.3, -0.25) is 4.57 Å². The van der Waals surface area contributed by atoms with Crippen molar-refractivity contribution >= 4 is 50.2 Å². The van der Waals surface area contributed by atoms with Crippen LogP contribution in [0, 0.1) is 5.82 Å². The molecule has 0 aliphatic carbocycles. The first-order chi connectivity index (χ1) is 10.1. The molecule has 0 fully saturated rings. The van der Waals surface area contributed by atoms with E-state index in [2.05, 4.69) is 20.9 Å². The Morgan fingerprint density at radius 2 is 2.00 bits per heavy atom. The van der Waals surface area contributed by atoms with Gasteiger partial charge in [0.1, 0.15) is 11.6 Å². The average molecular weight is 388 g/mol. The Morgan fingerprint density at radius 3 is 2.76 bits per heavy atom. The van der Waals surface area contributed by atoms with Gasteiger partial charge in [0.05, 0.1) is 16.7 Å². The van der Waals surface area contributed by atoms with Gasteiger partial charge in [-0.15, -0.1) is 11.6 Å². The zero-order chi connectivity index (χ0) is 15.0. The van der Waals surface area contributed by atoms with Gasteiger partial charge in [0, 0.05) is 21.8 Å². The van der Waals surface area contributed by atoms with Gasteiger partial charge in [-0.1, -0.05) is 11.6 Å². The summed E-state index contributed by atoms with van der Waals surface area (Å²) in [7, 11) is 0. The van der Waals surface area contributed by atoms with Crippen LogP contribution < -0.4 is 0 Å². The normalized spacial score (nSPS) is 11.2. The summed E-state index contributed by atoms with van der Waals surface area (Å²) in [5.74, 6) is 0.895. The molecule has 0 atom stereocenters. The van der Waals surface area contributed by atoms with Crippen LogP contribution in [0.4, 0.5) is 4.39 Å². The Hall–Kier alpha value is -1.10. The van der Waals surface area contributed by atoms with Gasteiger partial charge >= 0.3 is 0 Å². The molecule has 1 heterocycles. The monoisotopic (exact) mass is 386 g/mol. The Labute approximate surface area is 139 Å². The van der Waals surface area contributed by atoms with Gasteiger partial charge < -0.3 is 0 Å². The number of halogens is 4. The van der Waals surface area contributed by atoms with Gasteiger partial charge in [-0.25, -0.2) is 9.37 Å². The van der Waals surface area contributed by atoms with Crippen LogP contribution in [0.1, 0.15) is 5.82 Å². The second-order valence-corrected chi connectivity index (χ2v) is 6.20. The summed E-state index contributed by atoms with van der Waals surface area (Å²) in [5.41, 5.74) is 2.31. The molecular formula is C15H10BrCl2FN2. The molecule has 0 amide bonds. The third-order valence-electron chi connectivity index (χ3n) is 3.15. The molecule has 1 aromatic heterocycles. The molecule has 3 rings (SSSR count). The molecule has 6 heteroatoms. The van der Waals surface area contributed by atoms with Crippen LogP contribution in [0.2, 0.25) is 5.02 Å². The van der Waals surface area contributed by atoms with Gasteiger partial charge in [0.2, 0.25) is 0 Å². The fraction of sp³-hybridized carbons (Fsp3) is 0.133. The predicted molar refractivity (Wildman–Crippen MR) is 88.2 cm³/mol. The zero-order valence-electron chi connectivity index (χ0n) is 10.8. The van der Waals surface area contributed by atoms with Crippen molar-refractivity contribution in [1.29, 1.82) is 0 Å². The summed E-state index contributed by atoms with van der Waals surface area (Å²) in [5, 5.41) is 0.605. The van der Waals surface area contributed by atoms with Crippen molar-refractivity contribution in [3.63, 3.8) is 0 Å². The minimum atomic E-state index is -0.311. The number of aromatic nitrogens is 2. The third-order valence-corrected chi connectivity index (χ3v) is 4.25. The van der Waals surface area contributed by atoms with E-state index in [9.17, 15) is 4.39 Å². The van der Waals surface area contributed by atoms with Gasteiger partial charge in [-0.2, -0.15) is 0 Å². The first-order valence-corrected chi connectivity index (χ1v) is 7.99. The molecule has 0 aliphatic heterocycles. The fourth-order valence-electron chi connectivity index (χ4n) is 2.28. The van der Waals surface area contributed by atoms with E-state index in [1.807, 2.05) is 16.7 Å². The Morgan fingerprint density at radius 1 is 1.19 bits per heavy atom. The highest BCUT2D eigenvalue weighted by Crippen LogP contribution is 2.29. The maximum atomic E-state index is 13.6. The van der Waals surface area contributed by atoms with Gasteiger partial charge in [0.25, 0.3) is 0 Å². The summed E-state index contributed by atoms with van der Waals surface area (Å²) in [6, 6.07) is 9.99. The number of hydrogen-bond donors (Lipinski definition) is 0. The van der Waals surface area contributed by atoms with E-state index in [1.165, 1.54) is 12.1 Å². The molecule has 0 aliphatic rings. The second kappa shape index (κ2) is 5.95. The molecule has 0 saturated heterocycles. The number of nitrogens with zero attached hydrogens (tertiary/aromatic N) is 2. The molecule has 108 valence electrons. The lowest BCUT2D eigenvalue weighted by Gasteiger charge is -2.11. The summed E-state index contributed by atoms with van der Waals surface area (Å²) >= 11 is 15.4. The summed E-state index contributed by atoms with van der Waals surface area (Å²) in [6.07, 6.45) is 0.580. The molecule has 3 aromatic rings. The molecule has 2 nitrogen and oxygen atoms in total. The highest BCUT2D eigenvalue weighted by molar-refractivity contribution is 9.10. The fourth-order valence-corrected chi connectivity index (χ4v) is 3.04. The molecular weight excluding hydrogens is 378 g/mol. The number of fused-ring (bicyclic) bond motifs is 1. The van der Waals surface area contributed by atoms with Crippen molar-refractivity contribution in [1.82, 2.24) is 9.55 Å². The van der Waals surface area contributed by atoms with Crippen LogP contribution in [-0.4, -0.2) is 15.4 Å². The molecule has 0 unspecified atom stereocenters. The van der Waals surface area contributed by atoms with Crippen molar-refractivity contribution in [2.75, 3.05) is 5.88 Å². The predicted octanol–water partition coefficient (Wildman–Crippen LogP) is 5.36. The van der Waals surface area contributed by atoms with Crippen LogP contribution >= 0.6 is 39.1 Å². The first kappa shape index (κ1) is 14.8. The van der Waals surface area contributed by atoms with Crippen molar-refractivity contribution in [3.8, 4) is 5.69 Å². The summed E-state index contributed by atoms with van der Waals surface area (Å²) in [6.45, 7) is 0. The highest BCUT2D eigenvalue weighted by atomic mass is 79.9. The van der Waals surface area contributed by atoms with E-state index < -0.39 is 0 Å². The third kappa shape index (κ3) is 2.80. The van der Waals surface area contributed by atoms with Gasteiger partial charge in [0.15, 0.2) is 0 Å². The van der Waals surface area contributed by atoms with E-state index >= 15 is 0 Å². The smallest absolute Gasteiger partial charge is 0.125 e. The minimum absolute atomic E-state index is 0.311. The van der Waals surface area contributed by atoms with Crippen molar-refractivity contribution in [2.45, 2.75) is 6.42 Å². The van der Waals surface area contributed by atoms with Crippen molar-refractivity contribution < 1.29 is 4.39 Å². The number of imidazole rings is 1. The molecule has 0 bridgehead atoms. The Kier molecular flexibility index (Phi) is 4.20. The van der Waals surface area contributed by atoms with Crippen LogP contribution in [-0.2, 0) is 6.42 Å². The maximum Gasteiger partial charge on any atom is 0.125 e. The maximum absolute atomic E-state index is 13.6. The van der Waals surface area contributed by atoms with E-state index in [-0.39, 0.29) is 5.82 Å². The molecule has 0 radical (unpaired) electrons. The first-order valence-electron chi connectivity index (χ1n) is 6.28. The molecule has 0 saturated carbocycles. The number of rotatable bonds is 3. The number of benzene rings is 2. The second-order valence-electron chi connectivity index (χ2n) is 4.53. The quantitative estimate of drug-likeness (QED) is 0.553. The number of aryl methyl sites for hydroxylation is 1. The molecule has 0 spiro atoms. The number of alkyl halides is 1. The zero-order valence-corrected chi connectivity index (χ0v) is 13.9. The average Bonchev–Trinajstić information content (AvgIpc) is 2.79. The lowest BCUT2D eigenvalue weighted by Crippen LogP contribution is -2.03. The van der Waals surface area contributed by atoms with E-state index in [4.69, 9.17) is 23.2 Å². The van der Waals surface area contributed by atoms with E-state index in [1.54, 1.807) is 12.1 Å². The van der Waals surface area contributed by atoms with Crippen molar-refractivity contribution in [3.05, 3.63) is 57.5 Å². The van der Waals surface area contributed by atoms with Crippen LogP contribution in [0.15, 0.2) is 40.9 Å². The van der Waals surface area contributed by atoms with Crippen LogP contribution in [0.25, 0.3) is 16.7 Å². The Balaban J connectivity index is 2.35. The lowest BCUT2D eigenvalue weighted by atomic mass is 10.2. The van der Waals surface area contributed by atoms with Crippen LogP contribution in [0.3, 0.4) is 0 Å². The summed E-state index contributed by atoms with van der Waals surface area (Å²) < 4.78 is 16.3. The largest absolute Gasteiger partial charge is 0.295 e. The lowest BCUT2D eigenvalue weighted by molar-refractivity contribution is 0.626. The Bertz CT molecular complexity index is 817. The topological polar surface area (TPSA) is 17.8 Å². The summed E-state index contributed by atoms with van der Waals surface area (Å²) in [4.78, 5) is 4.57. The standard InChI is InChI=1S/C15H10BrCl2FN2/c16-11-3-2-10(19)8-13(11)21-14-7-9(18)1-4-12(14)20-15(21)5-6-17/h1-4,7-8H,5-6H2. The molecule has 0 N–H and O–H groups in total. The van der Waals surface area contributed by atoms with Crippen LogP contribution in [0.5, 0.6) is 0 Å². The van der Waals surface area contributed by atoms with E-state index in [0.29, 0.717) is 23.0 Å². The van der Waals surface area contributed by atoms with E-state index in [0.717, 1.165) is 21.3 Å². The SMILES string of the molecule is Fc1ccc(Br)c(-n2c(CCCl)nc3ccc(Cl)cc32)c1. The highest BCUT2D eigenvalue weighted by Gasteiger charge is 2.15. The molecule has 21 heavy (non-hydrogen) atoms.